The topological polar surface area (TPSA) is 87.0 Å². The number of hydrogen-bond donors (Lipinski definition) is 3. The van der Waals surface area contributed by atoms with Gasteiger partial charge in [-0.25, -0.2) is 0 Å². The average molecular weight is 361 g/mol. The molecule has 3 N–H and O–H groups in total. The Hall–Kier alpha value is -0.650. The zero-order valence-corrected chi connectivity index (χ0v) is 16.1. The van der Waals surface area contributed by atoms with Gasteiger partial charge in [-0.2, -0.15) is 0 Å². The minimum Gasteiger partial charge on any atom is -0.481 e. The Balaban J connectivity index is 3.83. The minimum absolute atomic E-state index is 0.0184. The van der Waals surface area contributed by atoms with Crippen LogP contribution in [0.15, 0.2) is 0 Å². The summed E-state index contributed by atoms with van der Waals surface area (Å²) in [5.74, 6) is -0.727. The highest BCUT2D eigenvalue weighted by Gasteiger charge is 2.19. The molecule has 0 aliphatic rings. The number of ether oxygens (including phenoxy) is 1. The summed E-state index contributed by atoms with van der Waals surface area (Å²) in [5, 5.41) is 27.9. The maximum absolute atomic E-state index is 10.4. The van der Waals surface area contributed by atoms with Gasteiger partial charge in [-0.3, -0.25) is 4.79 Å². The van der Waals surface area contributed by atoms with Crippen LogP contribution in [0.1, 0.15) is 96.8 Å². The fourth-order valence-electron chi connectivity index (χ4n) is 3.06. The lowest BCUT2D eigenvalue weighted by Gasteiger charge is -2.23. The van der Waals surface area contributed by atoms with Crippen LogP contribution >= 0.6 is 0 Å². The number of rotatable bonds is 19. The monoisotopic (exact) mass is 360 g/mol. The molecule has 0 rings (SSSR count). The molecule has 0 saturated carbocycles. The van der Waals surface area contributed by atoms with Crippen LogP contribution in [-0.4, -0.2) is 46.7 Å². The molecule has 0 aliphatic carbocycles. The van der Waals surface area contributed by atoms with Crippen molar-refractivity contribution < 1.29 is 24.9 Å². The fraction of sp³-hybridized carbons (Fsp3) is 0.950. The summed E-state index contributed by atoms with van der Waals surface area (Å²) in [6.07, 6.45) is 13.1. The number of aliphatic hydroxyl groups excluding tert-OH is 2. The van der Waals surface area contributed by atoms with Crippen LogP contribution in [0, 0.1) is 0 Å². The van der Waals surface area contributed by atoms with Gasteiger partial charge in [-0.1, -0.05) is 71.1 Å². The first-order valence-corrected chi connectivity index (χ1v) is 10.2. The summed E-state index contributed by atoms with van der Waals surface area (Å²) in [5.41, 5.74) is 0. The molecule has 0 fully saturated rings. The van der Waals surface area contributed by atoms with Crippen LogP contribution in [0.5, 0.6) is 0 Å². The molecule has 0 radical (unpaired) electrons. The minimum atomic E-state index is -0.727. The van der Waals surface area contributed by atoms with E-state index in [4.69, 9.17) is 14.9 Å². The molecule has 0 spiro atoms. The summed E-state index contributed by atoms with van der Waals surface area (Å²) >= 11 is 0. The molecule has 0 aromatic rings. The molecule has 0 heterocycles. The Labute approximate surface area is 153 Å². The molecule has 5 nitrogen and oxygen atoms in total. The van der Waals surface area contributed by atoms with E-state index in [-0.39, 0.29) is 25.7 Å². The molecule has 5 heteroatoms. The maximum atomic E-state index is 10.4. The Morgan fingerprint density at radius 1 is 0.880 bits per heavy atom. The second kappa shape index (κ2) is 18.2. The number of unbranched alkanes of at least 4 members (excludes halogenated alkanes) is 9. The molecule has 0 aromatic heterocycles. The summed E-state index contributed by atoms with van der Waals surface area (Å²) in [6.45, 7) is 2.46. The van der Waals surface area contributed by atoms with Crippen LogP contribution in [0.4, 0.5) is 0 Å². The standard InChI is InChI=1S/C20H40O5/c1-2-3-4-5-7-10-13-18(22)19(25-17-16-21)14-11-8-6-9-12-15-20(23)24/h18-19,21-22H,2-17H2,1H3,(H,23,24). The molecule has 2 unspecified atom stereocenters. The van der Waals surface area contributed by atoms with E-state index in [1.165, 1.54) is 25.7 Å². The van der Waals surface area contributed by atoms with Gasteiger partial charge in [0.15, 0.2) is 0 Å². The van der Waals surface area contributed by atoms with Crippen molar-refractivity contribution >= 4 is 5.97 Å². The van der Waals surface area contributed by atoms with Crippen molar-refractivity contribution in [1.29, 1.82) is 0 Å². The largest absolute Gasteiger partial charge is 0.481 e. The number of carboxylic acid groups (broad SMARTS) is 1. The van der Waals surface area contributed by atoms with Crippen molar-refractivity contribution in [2.24, 2.45) is 0 Å². The van der Waals surface area contributed by atoms with Crippen LogP contribution in [0.2, 0.25) is 0 Å². The highest BCUT2D eigenvalue weighted by atomic mass is 16.5. The van der Waals surface area contributed by atoms with E-state index in [1.54, 1.807) is 0 Å². The van der Waals surface area contributed by atoms with Gasteiger partial charge in [0.2, 0.25) is 0 Å². The molecule has 0 amide bonds. The average Bonchev–Trinajstić information content (AvgIpc) is 2.59. The highest BCUT2D eigenvalue weighted by molar-refractivity contribution is 5.66. The number of carbonyl (C=O) groups is 1. The van der Waals surface area contributed by atoms with E-state index in [2.05, 4.69) is 6.92 Å². The number of hydrogen-bond acceptors (Lipinski definition) is 4. The number of aliphatic carboxylic acids is 1. The van der Waals surface area contributed by atoms with Crippen LogP contribution < -0.4 is 0 Å². The van der Waals surface area contributed by atoms with Crippen molar-refractivity contribution in [2.45, 2.75) is 109 Å². The molecule has 0 aromatic carbocycles. The van der Waals surface area contributed by atoms with Crippen molar-refractivity contribution in [3.05, 3.63) is 0 Å². The molecule has 0 bridgehead atoms. The van der Waals surface area contributed by atoms with Gasteiger partial charge in [-0.05, 0) is 19.3 Å². The lowest BCUT2D eigenvalue weighted by atomic mass is 9.99. The first-order valence-electron chi connectivity index (χ1n) is 10.2. The van der Waals surface area contributed by atoms with Crippen molar-refractivity contribution in [3.8, 4) is 0 Å². The maximum Gasteiger partial charge on any atom is 0.303 e. The van der Waals surface area contributed by atoms with Crippen LogP contribution in [0.3, 0.4) is 0 Å². The lowest BCUT2D eigenvalue weighted by molar-refractivity contribution is -0.137. The van der Waals surface area contributed by atoms with E-state index < -0.39 is 12.1 Å². The van der Waals surface area contributed by atoms with Crippen LogP contribution in [0.25, 0.3) is 0 Å². The van der Waals surface area contributed by atoms with Crippen LogP contribution in [-0.2, 0) is 9.53 Å². The van der Waals surface area contributed by atoms with Crippen molar-refractivity contribution in [1.82, 2.24) is 0 Å². The van der Waals surface area contributed by atoms with Gasteiger partial charge in [0.05, 0.1) is 25.4 Å². The zero-order valence-electron chi connectivity index (χ0n) is 16.1. The zero-order chi connectivity index (χ0) is 18.8. The third-order valence-corrected chi connectivity index (χ3v) is 4.59. The first-order chi connectivity index (χ1) is 12.1. The van der Waals surface area contributed by atoms with E-state index in [9.17, 15) is 9.90 Å². The van der Waals surface area contributed by atoms with E-state index in [0.717, 1.165) is 57.8 Å². The lowest BCUT2D eigenvalue weighted by Crippen LogP contribution is -2.30. The van der Waals surface area contributed by atoms with Gasteiger partial charge in [0, 0.05) is 6.42 Å². The van der Waals surface area contributed by atoms with Gasteiger partial charge < -0.3 is 20.1 Å². The normalized spacial score (nSPS) is 13.7. The van der Waals surface area contributed by atoms with Gasteiger partial charge in [0.25, 0.3) is 0 Å². The third kappa shape index (κ3) is 16.6. The van der Waals surface area contributed by atoms with Crippen molar-refractivity contribution in [2.75, 3.05) is 13.2 Å². The van der Waals surface area contributed by atoms with E-state index >= 15 is 0 Å². The molecule has 2 atom stereocenters. The second-order valence-electron chi connectivity index (χ2n) is 6.96. The molecule has 0 aliphatic heterocycles. The molecule has 25 heavy (non-hydrogen) atoms. The first kappa shape index (κ1) is 24.4. The predicted molar refractivity (Wildman–Crippen MR) is 101 cm³/mol. The van der Waals surface area contributed by atoms with E-state index in [0.29, 0.717) is 0 Å². The molecular formula is C20H40O5. The Kier molecular flexibility index (Phi) is 17.7. The Bertz CT molecular complexity index is 296. The summed E-state index contributed by atoms with van der Waals surface area (Å²) in [4.78, 5) is 10.4. The van der Waals surface area contributed by atoms with Gasteiger partial charge >= 0.3 is 5.97 Å². The molecule has 150 valence electrons. The third-order valence-electron chi connectivity index (χ3n) is 4.59. The fourth-order valence-corrected chi connectivity index (χ4v) is 3.06. The molecule has 0 saturated heterocycles. The predicted octanol–water partition coefficient (Wildman–Crippen LogP) is 4.29. The second-order valence-corrected chi connectivity index (χ2v) is 6.96. The number of carboxylic acids is 1. The van der Waals surface area contributed by atoms with E-state index in [1.807, 2.05) is 0 Å². The summed E-state index contributed by atoms with van der Waals surface area (Å²) < 4.78 is 5.63. The quantitative estimate of drug-likeness (QED) is 0.299. The van der Waals surface area contributed by atoms with Gasteiger partial charge in [-0.15, -0.1) is 0 Å². The Morgan fingerprint density at radius 2 is 1.44 bits per heavy atom. The Morgan fingerprint density at radius 3 is 2.04 bits per heavy atom. The SMILES string of the molecule is CCCCCCCCC(O)C(CCCCCCCC(=O)O)OCCO. The van der Waals surface area contributed by atoms with Gasteiger partial charge in [0.1, 0.15) is 0 Å². The highest BCUT2D eigenvalue weighted by Crippen LogP contribution is 2.17. The molecular weight excluding hydrogens is 320 g/mol. The smallest absolute Gasteiger partial charge is 0.303 e. The summed E-state index contributed by atoms with van der Waals surface area (Å²) in [7, 11) is 0. The number of aliphatic hydroxyl groups is 2. The van der Waals surface area contributed by atoms with Crippen molar-refractivity contribution in [3.63, 3.8) is 0 Å². The summed E-state index contributed by atoms with van der Waals surface area (Å²) in [6, 6.07) is 0.